The van der Waals surface area contributed by atoms with E-state index in [-0.39, 0.29) is 22.5 Å². The van der Waals surface area contributed by atoms with E-state index < -0.39 is 17.2 Å². The Balaban J connectivity index is 1.88. The van der Waals surface area contributed by atoms with Gasteiger partial charge in [-0.05, 0) is 31.0 Å². The minimum Gasteiger partial charge on any atom is -0.321 e. The van der Waals surface area contributed by atoms with E-state index in [1.54, 1.807) is 19.2 Å². The summed E-state index contributed by atoms with van der Waals surface area (Å²) in [5, 5.41) is 3.79. The van der Waals surface area contributed by atoms with Crippen LogP contribution in [0.4, 0.5) is 5.69 Å². The molecule has 0 fully saturated rings. The van der Waals surface area contributed by atoms with E-state index in [4.69, 9.17) is 0 Å². The Morgan fingerprint density at radius 1 is 1.20 bits per heavy atom. The minimum absolute atomic E-state index is 0.00276. The van der Waals surface area contributed by atoms with Crippen molar-refractivity contribution in [3.8, 4) is 0 Å². The van der Waals surface area contributed by atoms with Gasteiger partial charge in [0, 0.05) is 17.6 Å². The van der Waals surface area contributed by atoms with Crippen LogP contribution in [0.15, 0.2) is 52.2 Å². The molecule has 0 bridgehead atoms. The second-order valence-corrected chi connectivity index (χ2v) is 7.32. The summed E-state index contributed by atoms with van der Waals surface area (Å²) in [5.74, 6) is -0.462. The number of anilines is 1. The average Bonchev–Trinajstić information content (AvgIpc) is 2.73. The highest BCUT2D eigenvalue weighted by molar-refractivity contribution is 6.12. The van der Waals surface area contributed by atoms with Crippen molar-refractivity contribution in [2.45, 2.75) is 33.2 Å². The summed E-state index contributed by atoms with van der Waals surface area (Å²) in [6.45, 7) is 5.97. The van der Waals surface area contributed by atoms with Crippen LogP contribution < -0.4 is 16.6 Å². The maximum atomic E-state index is 13.2. The quantitative estimate of drug-likeness (QED) is 0.544. The van der Waals surface area contributed by atoms with Crippen molar-refractivity contribution in [1.29, 1.82) is 0 Å². The van der Waals surface area contributed by atoms with Gasteiger partial charge in [-0.3, -0.25) is 24.1 Å². The van der Waals surface area contributed by atoms with Crippen LogP contribution in [0.3, 0.4) is 0 Å². The Hall–Kier alpha value is -3.81. The molecule has 0 spiro atoms. The number of carbonyl (C=O) groups excluding carboxylic acids is 1. The smallest absolute Gasteiger partial charge is 0.321 e. The number of hydrogen-bond acceptors (Lipinski definition) is 5. The summed E-state index contributed by atoms with van der Waals surface area (Å²) in [4.78, 5) is 49.1. The first-order valence-corrected chi connectivity index (χ1v) is 9.73. The van der Waals surface area contributed by atoms with E-state index in [2.05, 4.69) is 20.3 Å². The molecule has 3 heterocycles. The van der Waals surface area contributed by atoms with E-state index in [1.807, 2.05) is 44.2 Å². The maximum Gasteiger partial charge on any atom is 0.329 e. The molecule has 0 unspecified atom stereocenters. The number of amides is 1. The molecular formula is C22H21N5O3. The van der Waals surface area contributed by atoms with Gasteiger partial charge in [0.2, 0.25) is 0 Å². The highest BCUT2D eigenvalue weighted by Crippen LogP contribution is 2.22. The summed E-state index contributed by atoms with van der Waals surface area (Å²) in [6.07, 6.45) is 1.57. The van der Waals surface area contributed by atoms with Crippen molar-refractivity contribution >= 4 is 33.5 Å². The molecule has 30 heavy (non-hydrogen) atoms. The lowest BCUT2D eigenvalue weighted by molar-refractivity contribution is 0.102. The fourth-order valence-electron chi connectivity index (χ4n) is 3.40. The van der Waals surface area contributed by atoms with Crippen molar-refractivity contribution < 1.29 is 4.79 Å². The Morgan fingerprint density at radius 3 is 2.70 bits per heavy atom. The summed E-state index contributed by atoms with van der Waals surface area (Å²) in [5.41, 5.74) is 1.14. The molecule has 0 saturated heterocycles. The van der Waals surface area contributed by atoms with Gasteiger partial charge >= 0.3 is 5.69 Å². The predicted octanol–water partition coefficient (Wildman–Crippen LogP) is 3.03. The zero-order chi connectivity index (χ0) is 21.4. The zero-order valence-corrected chi connectivity index (χ0v) is 16.9. The first-order valence-electron chi connectivity index (χ1n) is 9.73. The van der Waals surface area contributed by atoms with Gasteiger partial charge in [0.15, 0.2) is 5.65 Å². The third-order valence-corrected chi connectivity index (χ3v) is 4.97. The van der Waals surface area contributed by atoms with E-state index in [9.17, 15) is 14.4 Å². The van der Waals surface area contributed by atoms with Gasteiger partial charge in [0.05, 0.1) is 28.4 Å². The first kappa shape index (κ1) is 19.5. The Morgan fingerprint density at radius 2 is 1.97 bits per heavy atom. The summed E-state index contributed by atoms with van der Waals surface area (Å²) in [6, 6.07) is 11.0. The summed E-state index contributed by atoms with van der Waals surface area (Å²) < 4.78 is 1.36. The number of fused-ring (bicyclic) bond motifs is 2. The van der Waals surface area contributed by atoms with Crippen LogP contribution in [0.1, 0.15) is 42.7 Å². The van der Waals surface area contributed by atoms with Crippen molar-refractivity contribution in [2.75, 3.05) is 5.32 Å². The third-order valence-electron chi connectivity index (χ3n) is 4.97. The maximum absolute atomic E-state index is 13.2. The number of para-hydroxylation sites is 1. The van der Waals surface area contributed by atoms with Crippen LogP contribution in [0, 0.1) is 0 Å². The molecule has 0 saturated carbocycles. The molecule has 8 heteroatoms. The molecule has 0 aliphatic rings. The van der Waals surface area contributed by atoms with Crippen LogP contribution in [0.5, 0.6) is 0 Å². The molecule has 4 rings (SSSR count). The van der Waals surface area contributed by atoms with Crippen molar-refractivity contribution in [1.82, 2.24) is 19.5 Å². The highest BCUT2D eigenvalue weighted by Gasteiger charge is 2.20. The Kier molecular flexibility index (Phi) is 4.91. The number of benzene rings is 1. The number of nitrogens with zero attached hydrogens (tertiary/aromatic N) is 3. The van der Waals surface area contributed by atoms with Crippen LogP contribution in [-0.4, -0.2) is 25.4 Å². The van der Waals surface area contributed by atoms with E-state index in [0.29, 0.717) is 17.9 Å². The molecule has 3 aromatic heterocycles. The minimum atomic E-state index is -0.635. The molecule has 0 radical (unpaired) electrons. The van der Waals surface area contributed by atoms with E-state index >= 15 is 0 Å². The number of hydrogen-bond donors (Lipinski definition) is 2. The van der Waals surface area contributed by atoms with Crippen molar-refractivity contribution in [3.05, 3.63) is 74.7 Å². The van der Waals surface area contributed by atoms with Gasteiger partial charge in [-0.25, -0.2) is 9.78 Å². The molecule has 0 aliphatic heterocycles. The van der Waals surface area contributed by atoms with Gasteiger partial charge in [0.25, 0.3) is 11.5 Å². The predicted molar refractivity (Wildman–Crippen MR) is 116 cm³/mol. The molecule has 2 N–H and O–H groups in total. The zero-order valence-electron chi connectivity index (χ0n) is 16.9. The molecular weight excluding hydrogens is 382 g/mol. The number of aromatic amines is 1. The number of aryl methyl sites for hydroxylation is 1. The van der Waals surface area contributed by atoms with Crippen molar-refractivity contribution in [3.63, 3.8) is 0 Å². The normalized spacial score (nSPS) is 11.3. The molecule has 1 aromatic carbocycles. The molecule has 0 atom stereocenters. The molecule has 8 nitrogen and oxygen atoms in total. The lowest BCUT2D eigenvalue weighted by Gasteiger charge is -2.14. The fourth-order valence-corrected chi connectivity index (χ4v) is 3.40. The largest absolute Gasteiger partial charge is 0.329 e. The van der Waals surface area contributed by atoms with Crippen LogP contribution in [0.25, 0.3) is 21.9 Å². The summed E-state index contributed by atoms with van der Waals surface area (Å²) in [7, 11) is 0. The molecule has 0 aliphatic carbocycles. The van der Waals surface area contributed by atoms with Crippen LogP contribution in [0.2, 0.25) is 0 Å². The first-order chi connectivity index (χ1) is 14.4. The van der Waals surface area contributed by atoms with Crippen molar-refractivity contribution in [2.24, 2.45) is 0 Å². The van der Waals surface area contributed by atoms with Gasteiger partial charge in [-0.2, -0.15) is 0 Å². The number of aromatic nitrogens is 4. The van der Waals surface area contributed by atoms with Gasteiger partial charge in [0.1, 0.15) is 0 Å². The molecule has 152 valence electrons. The van der Waals surface area contributed by atoms with Crippen LogP contribution >= 0.6 is 0 Å². The summed E-state index contributed by atoms with van der Waals surface area (Å²) >= 11 is 0. The molecule has 4 aromatic rings. The molecule has 1 amide bonds. The standard InChI is InChI=1S/C22H21N5O3/c1-4-27-19-18(21(29)26-22(27)30)15(10-17(25-19)12(2)3)20(28)24-14-9-13-7-5-6-8-16(13)23-11-14/h5-12H,4H2,1-3H3,(H,24,28)(H,26,29,30). The number of rotatable bonds is 4. The monoisotopic (exact) mass is 403 g/mol. The third kappa shape index (κ3) is 3.36. The number of carbonyl (C=O) groups is 1. The second kappa shape index (κ2) is 7.55. The second-order valence-electron chi connectivity index (χ2n) is 7.32. The van der Waals surface area contributed by atoms with E-state index in [1.165, 1.54) is 4.57 Å². The lowest BCUT2D eigenvalue weighted by atomic mass is 10.0. The van der Waals surface area contributed by atoms with Crippen LogP contribution in [-0.2, 0) is 6.54 Å². The van der Waals surface area contributed by atoms with Gasteiger partial charge < -0.3 is 5.32 Å². The average molecular weight is 403 g/mol. The topological polar surface area (TPSA) is 110 Å². The lowest BCUT2D eigenvalue weighted by Crippen LogP contribution is -2.32. The SMILES string of the molecule is CCn1c(=O)[nH]c(=O)c2c(C(=O)Nc3cnc4ccccc4c3)cc(C(C)C)nc21. The number of H-pyrrole nitrogens is 1. The Labute approximate surface area is 171 Å². The van der Waals surface area contributed by atoms with E-state index in [0.717, 1.165) is 10.9 Å². The fraction of sp³-hybridized carbons (Fsp3) is 0.227. The van der Waals surface area contributed by atoms with Gasteiger partial charge in [-0.1, -0.05) is 32.0 Å². The van der Waals surface area contributed by atoms with Gasteiger partial charge in [-0.15, -0.1) is 0 Å². The number of pyridine rings is 2. The highest BCUT2D eigenvalue weighted by atomic mass is 16.2. The Bertz CT molecular complexity index is 1400. The number of nitrogens with one attached hydrogen (secondary N) is 2.